The highest BCUT2D eigenvalue weighted by Gasteiger charge is 2.18. The van der Waals surface area contributed by atoms with Gasteiger partial charge >= 0.3 is 0 Å². The summed E-state index contributed by atoms with van der Waals surface area (Å²) >= 11 is 5.81. The Hall–Kier alpha value is -2.26. The highest BCUT2D eigenvalue weighted by atomic mass is 35.5. The van der Waals surface area contributed by atoms with Crippen molar-refractivity contribution in [2.75, 3.05) is 0 Å². The van der Waals surface area contributed by atoms with Crippen LogP contribution in [0.5, 0.6) is 0 Å². The molecule has 0 saturated heterocycles. The van der Waals surface area contributed by atoms with Crippen LogP contribution >= 0.6 is 11.6 Å². The first-order valence-corrected chi connectivity index (χ1v) is 6.63. The fourth-order valence-electron chi connectivity index (χ4n) is 2.28. The Balaban J connectivity index is 2.23. The Kier molecular flexibility index (Phi) is 3.43. The van der Waals surface area contributed by atoms with E-state index in [9.17, 15) is 13.6 Å². The predicted octanol–water partition coefficient (Wildman–Crippen LogP) is 5.00. The SMILES string of the molecule is O=C(c1cc(Cl)ccc1F)c1ccc(F)c2ccccc12. The van der Waals surface area contributed by atoms with E-state index in [4.69, 9.17) is 11.6 Å². The molecule has 3 aromatic carbocycles. The Labute approximate surface area is 124 Å². The predicted molar refractivity (Wildman–Crippen MR) is 78.7 cm³/mol. The first kappa shape index (κ1) is 13.7. The van der Waals surface area contributed by atoms with Crippen molar-refractivity contribution in [3.8, 4) is 0 Å². The van der Waals surface area contributed by atoms with Crippen LogP contribution in [-0.2, 0) is 0 Å². The van der Waals surface area contributed by atoms with Crippen molar-refractivity contribution < 1.29 is 13.6 Å². The second-order valence-electron chi connectivity index (χ2n) is 4.59. The molecule has 0 fully saturated rings. The van der Waals surface area contributed by atoms with E-state index < -0.39 is 17.4 Å². The molecule has 0 N–H and O–H groups in total. The summed E-state index contributed by atoms with van der Waals surface area (Å²) in [5.74, 6) is -1.60. The maximum Gasteiger partial charge on any atom is 0.196 e. The summed E-state index contributed by atoms with van der Waals surface area (Å²) in [6.45, 7) is 0. The van der Waals surface area contributed by atoms with E-state index in [-0.39, 0.29) is 16.1 Å². The lowest BCUT2D eigenvalue weighted by molar-refractivity contribution is 0.103. The Morgan fingerprint density at radius 3 is 2.24 bits per heavy atom. The molecule has 0 heterocycles. The van der Waals surface area contributed by atoms with Crippen LogP contribution in [0.2, 0.25) is 5.02 Å². The lowest BCUT2D eigenvalue weighted by Crippen LogP contribution is -2.05. The van der Waals surface area contributed by atoms with Crippen LogP contribution in [-0.4, -0.2) is 5.78 Å². The van der Waals surface area contributed by atoms with E-state index in [1.165, 1.54) is 24.3 Å². The maximum absolute atomic E-state index is 13.8. The number of fused-ring (bicyclic) bond motifs is 1. The first-order chi connectivity index (χ1) is 10.1. The molecule has 0 bridgehead atoms. The van der Waals surface area contributed by atoms with Crippen LogP contribution in [0.25, 0.3) is 10.8 Å². The molecule has 0 aliphatic rings. The molecule has 0 spiro atoms. The molecule has 3 rings (SSSR count). The van der Waals surface area contributed by atoms with Crippen molar-refractivity contribution in [1.82, 2.24) is 0 Å². The second-order valence-corrected chi connectivity index (χ2v) is 5.03. The van der Waals surface area contributed by atoms with Crippen LogP contribution in [0.1, 0.15) is 15.9 Å². The van der Waals surface area contributed by atoms with E-state index in [2.05, 4.69) is 0 Å². The molecule has 0 aliphatic heterocycles. The van der Waals surface area contributed by atoms with Crippen molar-refractivity contribution in [3.05, 3.63) is 82.4 Å². The summed E-state index contributed by atoms with van der Waals surface area (Å²) < 4.78 is 27.6. The van der Waals surface area contributed by atoms with E-state index in [0.29, 0.717) is 10.8 Å². The number of carbonyl (C=O) groups excluding carboxylic acids is 1. The minimum absolute atomic E-state index is 0.126. The van der Waals surface area contributed by atoms with Crippen LogP contribution in [0.15, 0.2) is 54.6 Å². The molecule has 104 valence electrons. The zero-order valence-corrected chi connectivity index (χ0v) is 11.5. The van der Waals surface area contributed by atoms with Gasteiger partial charge in [0.2, 0.25) is 0 Å². The Morgan fingerprint density at radius 1 is 0.810 bits per heavy atom. The highest BCUT2D eigenvalue weighted by Crippen LogP contribution is 2.25. The summed E-state index contributed by atoms with van der Waals surface area (Å²) in [5, 5.41) is 1.04. The molecule has 0 radical (unpaired) electrons. The van der Waals surface area contributed by atoms with Crippen LogP contribution in [0.4, 0.5) is 8.78 Å². The zero-order valence-electron chi connectivity index (χ0n) is 10.7. The lowest BCUT2D eigenvalue weighted by Gasteiger charge is -2.08. The smallest absolute Gasteiger partial charge is 0.196 e. The van der Waals surface area contributed by atoms with Crippen molar-refractivity contribution in [1.29, 1.82) is 0 Å². The van der Waals surface area contributed by atoms with E-state index in [1.807, 2.05) is 0 Å². The summed E-state index contributed by atoms with van der Waals surface area (Å²) in [4.78, 5) is 12.5. The molecule has 3 aromatic rings. The monoisotopic (exact) mass is 302 g/mol. The summed E-state index contributed by atoms with van der Waals surface area (Å²) in [7, 11) is 0. The standard InChI is InChI=1S/C17H9ClF2O/c18-10-5-7-16(20)14(9-10)17(21)13-6-8-15(19)12-4-2-1-3-11(12)13/h1-9H. The van der Waals surface area contributed by atoms with Gasteiger partial charge in [-0.15, -0.1) is 0 Å². The van der Waals surface area contributed by atoms with E-state index in [0.717, 1.165) is 6.07 Å². The van der Waals surface area contributed by atoms with Crippen molar-refractivity contribution in [2.24, 2.45) is 0 Å². The molecule has 0 atom stereocenters. The minimum Gasteiger partial charge on any atom is -0.288 e. The number of carbonyl (C=O) groups is 1. The molecular formula is C17H9ClF2O. The van der Waals surface area contributed by atoms with Crippen molar-refractivity contribution in [2.45, 2.75) is 0 Å². The third kappa shape index (κ3) is 2.41. The summed E-state index contributed by atoms with van der Waals surface area (Å²) in [6.07, 6.45) is 0. The number of rotatable bonds is 2. The van der Waals surface area contributed by atoms with Crippen LogP contribution < -0.4 is 0 Å². The third-order valence-corrected chi connectivity index (χ3v) is 3.52. The molecule has 0 unspecified atom stereocenters. The van der Waals surface area contributed by atoms with Gasteiger partial charge in [-0.25, -0.2) is 8.78 Å². The molecular weight excluding hydrogens is 294 g/mol. The van der Waals surface area contributed by atoms with Crippen LogP contribution in [0, 0.1) is 11.6 Å². The lowest BCUT2D eigenvalue weighted by atomic mass is 9.96. The van der Waals surface area contributed by atoms with Gasteiger partial charge in [-0.1, -0.05) is 35.9 Å². The molecule has 0 saturated carbocycles. The first-order valence-electron chi connectivity index (χ1n) is 6.25. The third-order valence-electron chi connectivity index (χ3n) is 3.29. The Bertz CT molecular complexity index is 859. The van der Waals surface area contributed by atoms with Gasteiger partial charge in [0.05, 0.1) is 5.56 Å². The van der Waals surface area contributed by atoms with Gasteiger partial charge < -0.3 is 0 Å². The van der Waals surface area contributed by atoms with Crippen molar-refractivity contribution in [3.63, 3.8) is 0 Å². The number of halogens is 3. The molecule has 21 heavy (non-hydrogen) atoms. The minimum atomic E-state index is -0.655. The van der Waals surface area contributed by atoms with Gasteiger partial charge in [0.1, 0.15) is 11.6 Å². The summed E-state index contributed by atoms with van der Waals surface area (Å²) in [6, 6.07) is 12.9. The molecule has 0 aliphatic carbocycles. The zero-order chi connectivity index (χ0) is 15.0. The van der Waals surface area contributed by atoms with Gasteiger partial charge in [0, 0.05) is 16.0 Å². The molecule has 0 amide bonds. The number of ketones is 1. The largest absolute Gasteiger partial charge is 0.288 e. The average Bonchev–Trinajstić information content (AvgIpc) is 2.50. The van der Waals surface area contributed by atoms with Crippen molar-refractivity contribution >= 4 is 28.2 Å². The van der Waals surface area contributed by atoms with E-state index >= 15 is 0 Å². The normalized spacial score (nSPS) is 10.8. The Morgan fingerprint density at radius 2 is 1.48 bits per heavy atom. The van der Waals surface area contributed by atoms with Gasteiger partial charge in [-0.05, 0) is 35.7 Å². The molecule has 4 heteroatoms. The number of hydrogen-bond acceptors (Lipinski definition) is 1. The van der Waals surface area contributed by atoms with Gasteiger partial charge in [0.15, 0.2) is 5.78 Å². The highest BCUT2D eigenvalue weighted by molar-refractivity contribution is 6.31. The van der Waals surface area contributed by atoms with Crippen LogP contribution in [0.3, 0.4) is 0 Å². The fourth-order valence-corrected chi connectivity index (χ4v) is 2.45. The van der Waals surface area contributed by atoms with Gasteiger partial charge in [-0.2, -0.15) is 0 Å². The van der Waals surface area contributed by atoms with Gasteiger partial charge in [-0.3, -0.25) is 4.79 Å². The molecule has 0 aromatic heterocycles. The number of benzene rings is 3. The summed E-state index contributed by atoms with van der Waals surface area (Å²) in [5.41, 5.74) is 0.118. The number of hydrogen-bond donors (Lipinski definition) is 0. The second kappa shape index (κ2) is 5.26. The average molecular weight is 303 g/mol. The fraction of sp³-hybridized carbons (Fsp3) is 0. The van der Waals surface area contributed by atoms with E-state index in [1.54, 1.807) is 24.3 Å². The molecule has 1 nitrogen and oxygen atoms in total. The quantitative estimate of drug-likeness (QED) is 0.609. The topological polar surface area (TPSA) is 17.1 Å². The maximum atomic E-state index is 13.8. The van der Waals surface area contributed by atoms with Gasteiger partial charge in [0.25, 0.3) is 0 Å².